The fraction of sp³-hybridized carbons (Fsp3) is 0.636. The van der Waals surface area contributed by atoms with Crippen molar-refractivity contribution in [2.75, 3.05) is 19.8 Å². The van der Waals surface area contributed by atoms with E-state index in [9.17, 15) is 0 Å². The quantitative estimate of drug-likeness (QED) is 0.727. The molecule has 0 amide bonds. The second-order valence-electron chi connectivity index (χ2n) is 3.77. The monoisotopic (exact) mass is 195 g/mol. The molecule has 1 aromatic rings. The van der Waals surface area contributed by atoms with Crippen LogP contribution in [0.3, 0.4) is 0 Å². The highest BCUT2D eigenvalue weighted by Gasteiger charge is 2.14. The maximum Gasteiger partial charge on any atom is 0.117 e. The summed E-state index contributed by atoms with van der Waals surface area (Å²) in [5.74, 6) is 1.77. The zero-order valence-corrected chi connectivity index (χ0v) is 8.37. The summed E-state index contributed by atoms with van der Waals surface area (Å²) in [6.07, 6.45) is 4.14. The highest BCUT2D eigenvalue weighted by atomic mass is 16.5. The maximum atomic E-state index is 5.31. The summed E-state index contributed by atoms with van der Waals surface area (Å²) in [6, 6.07) is 3.91. The lowest BCUT2D eigenvalue weighted by atomic mass is 10.1. The van der Waals surface area contributed by atoms with Gasteiger partial charge in [0.15, 0.2) is 0 Å². The molecule has 1 N–H and O–H groups in total. The van der Waals surface area contributed by atoms with Gasteiger partial charge < -0.3 is 14.5 Å². The van der Waals surface area contributed by atoms with Crippen LogP contribution in [0.4, 0.5) is 0 Å². The first-order valence-electron chi connectivity index (χ1n) is 5.26. The molecule has 1 aliphatic rings. The van der Waals surface area contributed by atoms with Crippen molar-refractivity contribution in [3.8, 4) is 0 Å². The van der Waals surface area contributed by atoms with Gasteiger partial charge in [-0.25, -0.2) is 0 Å². The third-order valence-corrected chi connectivity index (χ3v) is 2.63. The van der Waals surface area contributed by atoms with Crippen molar-refractivity contribution in [3.05, 3.63) is 24.2 Å². The summed E-state index contributed by atoms with van der Waals surface area (Å²) < 4.78 is 10.5. The lowest BCUT2D eigenvalue weighted by molar-refractivity contribution is 0.184. The Balaban J connectivity index is 1.55. The predicted octanol–water partition coefficient (Wildman–Crippen LogP) is 1.80. The third kappa shape index (κ3) is 2.86. The van der Waals surface area contributed by atoms with Crippen LogP contribution in [0.5, 0.6) is 0 Å². The predicted molar refractivity (Wildman–Crippen MR) is 54.0 cm³/mol. The van der Waals surface area contributed by atoms with E-state index in [0.29, 0.717) is 0 Å². The van der Waals surface area contributed by atoms with Gasteiger partial charge in [-0.05, 0) is 37.4 Å². The lowest BCUT2D eigenvalue weighted by Crippen LogP contribution is -2.17. The second kappa shape index (κ2) is 5.17. The number of furan rings is 1. The fourth-order valence-corrected chi connectivity index (χ4v) is 1.74. The van der Waals surface area contributed by atoms with Gasteiger partial charge in [-0.1, -0.05) is 0 Å². The Hall–Kier alpha value is -0.800. The first kappa shape index (κ1) is 9.74. The van der Waals surface area contributed by atoms with Gasteiger partial charge in [0, 0.05) is 13.2 Å². The highest BCUT2D eigenvalue weighted by Crippen LogP contribution is 2.15. The first-order valence-corrected chi connectivity index (χ1v) is 5.26. The van der Waals surface area contributed by atoms with E-state index in [0.717, 1.165) is 38.0 Å². The molecule has 1 atom stereocenters. The molecule has 0 aromatic carbocycles. The Morgan fingerprint density at radius 2 is 2.50 bits per heavy atom. The smallest absolute Gasteiger partial charge is 0.117 e. The summed E-state index contributed by atoms with van der Waals surface area (Å²) in [7, 11) is 0. The van der Waals surface area contributed by atoms with Gasteiger partial charge in [0.25, 0.3) is 0 Å². The maximum absolute atomic E-state index is 5.31. The Morgan fingerprint density at radius 1 is 1.50 bits per heavy atom. The van der Waals surface area contributed by atoms with Gasteiger partial charge in [-0.15, -0.1) is 0 Å². The molecule has 78 valence electrons. The molecule has 1 unspecified atom stereocenters. The Morgan fingerprint density at radius 3 is 3.21 bits per heavy atom. The van der Waals surface area contributed by atoms with E-state index < -0.39 is 0 Å². The van der Waals surface area contributed by atoms with Crippen LogP contribution in [0, 0.1) is 5.92 Å². The molecule has 3 nitrogen and oxygen atoms in total. The number of hydrogen-bond acceptors (Lipinski definition) is 3. The van der Waals surface area contributed by atoms with Crippen LogP contribution in [0.1, 0.15) is 18.6 Å². The zero-order valence-electron chi connectivity index (χ0n) is 8.37. The molecule has 3 heteroatoms. The lowest BCUT2D eigenvalue weighted by Gasteiger charge is -2.07. The van der Waals surface area contributed by atoms with E-state index in [4.69, 9.17) is 9.15 Å². The molecule has 1 fully saturated rings. The zero-order chi connectivity index (χ0) is 9.64. The average Bonchev–Trinajstić information content (AvgIpc) is 2.86. The summed E-state index contributed by atoms with van der Waals surface area (Å²) in [5, 5.41) is 3.37. The summed E-state index contributed by atoms with van der Waals surface area (Å²) in [4.78, 5) is 0. The Bertz CT molecular complexity index is 240. The van der Waals surface area contributed by atoms with E-state index in [1.165, 1.54) is 12.8 Å². The van der Waals surface area contributed by atoms with E-state index in [1.54, 1.807) is 6.26 Å². The Labute approximate surface area is 84.4 Å². The minimum Gasteiger partial charge on any atom is -0.468 e. The molecule has 0 spiro atoms. The number of rotatable bonds is 5. The van der Waals surface area contributed by atoms with Gasteiger partial charge in [0.05, 0.1) is 12.8 Å². The van der Waals surface area contributed by atoms with Crippen molar-refractivity contribution in [1.82, 2.24) is 5.32 Å². The van der Waals surface area contributed by atoms with Crippen LogP contribution in [-0.4, -0.2) is 19.8 Å². The third-order valence-electron chi connectivity index (χ3n) is 2.63. The average molecular weight is 195 g/mol. The van der Waals surface area contributed by atoms with Crippen molar-refractivity contribution >= 4 is 0 Å². The normalized spacial score (nSPS) is 21.6. The largest absolute Gasteiger partial charge is 0.468 e. The van der Waals surface area contributed by atoms with Crippen molar-refractivity contribution in [2.45, 2.75) is 19.4 Å². The molecule has 1 saturated heterocycles. The minimum absolute atomic E-state index is 0.763. The van der Waals surface area contributed by atoms with Crippen LogP contribution >= 0.6 is 0 Å². The van der Waals surface area contributed by atoms with Crippen molar-refractivity contribution < 1.29 is 9.15 Å². The summed E-state index contributed by atoms with van der Waals surface area (Å²) in [5.41, 5.74) is 0. The van der Waals surface area contributed by atoms with Gasteiger partial charge in [-0.2, -0.15) is 0 Å². The number of hydrogen-bond donors (Lipinski definition) is 1. The van der Waals surface area contributed by atoms with Gasteiger partial charge in [-0.3, -0.25) is 0 Å². The molecule has 1 aliphatic heterocycles. The van der Waals surface area contributed by atoms with Gasteiger partial charge in [0.2, 0.25) is 0 Å². The number of nitrogens with one attached hydrogen (secondary N) is 1. The minimum atomic E-state index is 0.763. The van der Waals surface area contributed by atoms with E-state index in [1.807, 2.05) is 12.1 Å². The van der Waals surface area contributed by atoms with E-state index in [-0.39, 0.29) is 0 Å². The molecule has 2 heterocycles. The SMILES string of the molecule is c1coc(CNCCC2CCOC2)c1. The fourth-order valence-electron chi connectivity index (χ4n) is 1.74. The molecular formula is C11H17NO2. The molecule has 1 aromatic heterocycles. The molecule has 0 bridgehead atoms. The van der Waals surface area contributed by atoms with Gasteiger partial charge >= 0.3 is 0 Å². The Kier molecular flexibility index (Phi) is 3.60. The topological polar surface area (TPSA) is 34.4 Å². The van der Waals surface area contributed by atoms with Crippen LogP contribution in [0.2, 0.25) is 0 Å². The molecular weight excluding hydrogens is 178 g/mol. The van der Waals surface area contributed by atoms with Crippen LogP contribution in [0.15, 0.2) is 22.8 Å². The standard InChI is InChI=1S/C11H17NO2/c1-2-11(14-6-1)8-12-5-3-10-4-7-13-9-10/h1-2,6,10,12H,3-5,7-9H2. The van der Waals surface area contributed by atoms with Crippen LogP contribution < -0.4 is 5.32 Å². The van der Waals surface area contributed by atoms with Gasteiger partial charge in [0.1, 0.15) is 5.76 Å². The first-order chi connectivity index (χ1) is 6.95. The second-order valence-corrected chi connectivity index (χ2v) is 3.77. The van der Waals surface area contributed by atoms with E-state index in [2.05, 4.69) is 5.32 Å². The van der Waals surface area contributed by atoms with Crippen molar-refractivity contribution in [1.29, 1.82) is 0 Å². The van der Waals surface area contributed by atoms with Crippen molar-refractivity contribution in [2.24, 2.45) is 5.92 Å². The highest BCUT2D eigenvalue weighted by molar-refractivity contribution is 4.97. The van der Waals surface area contributed by atoms with E-state index >= 15 is 0 Å². The summed E-state index contributed by atoms with van der Waals surface area (Å²) in [6.45, 7) is 3.78. The van der Waals surface area contributed by atoms with Crippen LogP contribution in [0.25, 0.3) is 0 Å². The molecule has 2 rings (SSSR count). The van der Waals surface area contributed by atoms with Crippen LogP contribution in [-0.2, 0) is 11.3 Å². The summed E-state index contributed by atoms with van der Waals surface area (Å²) >= 11 is 0. The molecule has 0 radical (unpaired) electrons. The molecule has 14 heavy (non-hydrogen) atoms. The molecule has 0 saturated carbocycles. The van der Waals surface area contributed by atoms with Crippen molar-refractivity contribution in [3.63, 3.8) is 0 Å². The number of ether oxygens (including phenoxy) is 1. The molecule has 0 aliphatic carbocycles.